The maximum absolute atomic E-state index is 12.0. The number of hydrogen-bond acceptors (Lipinski definition) is 4. The van der Waals surface area contributed by atoms with Gasteiger partial charge >= 0.3 is 5.69 Å². The van der Waals surface area contributed by atoms with Crippen molar-refractivity contribution in [1.29, 1.82) is 0 Å². The molecule has 0 spiro atoms. The molecule has 6 heteroatoms. The van der Waals surface area contributed by atoms with E-state index in [9.17, 15) is 14.7 Å². The maximum atomic E-state index is 12.0. The second kappa shape index (κ2) is 4.77. The molecule has 0 amide bonds. The van der Waals surface area contributed by atoms with Crippen LogP contribution < -0.4 is 11.2 Å². The number of nitrogens with zero attached hydrogens (tertiary/aromatic N) is 2. The van der Waals surface area contributed by atoms with Crippen LogP contribution in [-0.4, -0.2) is 38.7 Å². The Kier molecular flexibility index (Phi) is 3.20. The standard InChI is InChI=1S/C14H21N3O3/c1-8-12(18)15-14(20)17(13(8)19)11-6-9-4-3-5-10(7-11)16(9)2/h9-11,19H,3-7H2,1-2H3,(H,15,18,20). The lowest BCUT2D eigenvalue weighted by molar-refractivity contribution is 0.0367. The van der Waals surface area contributed by atoms with Crippen LogP contribution in [0, 0.1) is 6.92 Å². The van der Waals surface area contributed by atoms with E-state index in [-0.39, 0.29) is 17.5 Å². The second-order valence-corrected chi connectivity index (χ2v) is 6.11. The third kappa shape index (κ3) is 1.98. The van der Waals surface area contributed by atoms with Crippen molar-refractivity contribution in [3.05, 3.63) is 26.4 Å². The number of aromatic amines is 1. The molecule has 0 aliphatic carbocycles. The number of fused-ring (bicyclic) bond motifs is 2. The van der Waals surface area contributed by atoms with Crippen LogP contribution in [0.25, 0.3) is 0 Å². The highest BCUT2D eigenvalue weighted by molar-refractivity contribution is 5.21. The molecule has 3 rings (SSSR count). The molecule has 20 heavy (non-hydrogen) atoms. The first-order valence-electron chi connectivity index (χ1n) is 7.25. The molecule has 2 aliphatic rings. The topological polar surface area (TPSA) is 78.3 Å². The molecule has 3 heterocycles. The van der Waals surface area contributed by atoms with Gasteiger partial charge < -0.3 is 10.0 Å². The lowest BCUT2D eigenvalue weighted by Gasteiger charge is -2.47. The van der Waals surface area contributed by atoms with E-state index < -0.39 is 11.2 Å². The van der Waals surface area contributed by atoms with Gasteiger partial charge in [0.05, 0.1) is 5.56 Å². The quantitative estimate of drug-likeness (QED) is 0.794. The van der Waals surface area contributed by atoms with Crippen molar-refractivity contribution in [3.63, 3.8) is 0 Å². The zero-order chi connectivity index (χ0) is 14.4. The highest BCUT2D eigenvalue weighted by Crippen LogP contribution is 2.38. The van der Waals surface area contributed by atoms with Crippen LogP contribution in [0.5, 0.6) is 5.88 Å². The van der Waals surface area contributed by atoms with E-state index in [0.717, 1.165) is 25.7 Å². The van der Waals surface area contributed by atoms with Crippen molar-refractivity contribution in [2.24, 2.45) is 0 Å². The first-order chi connectivity index (χ1) is 9.49. The van der Waals surface area contributed by atoms with E-state index in [1.54, 1.807) is 6.92 Å². The van der Waals surface area contributed by atoms with Crippen LogP contribution in [0.1, 0.15) is 43.7 Å². The summed E-state index contributed by atoms with van der Waals surface area (Å²) in [5, 5.41) is 10.2. The summed E-state index contributed by atoms with van der Waals surface area (Å²) in [6, 6.07) is 0.904. The van der Waals surface area contributed by atoms with E-state index in [1.165, 1.54) is 11.0 Å². The molecule has 2 atom stereocenters. The zero-order valence-electron chi connectivity index (χ0n) is 11.9. The zero-order valence-corrected chi connectivity index (χ0v) is 11.9. The first kappa shape index (κ1) is 13.4. The van der Waals surface area contributed by atoms with Gasteiger partial charge in [0.1, 0.15) is 0 Å². The van der Waals surface area contributed by atoms with Crippen molar-refractivity contribution in [2.75, 3.05) is 7.05 Å². The first-order valence-corrected chi connectivity index (χ1v) is 7.25. The Balaban J connectivity index is 2.01. The number of H-pyrrole nitrogens is 1. The van der Waals surface area contributed by atoms with E-state index in [0.29, 0.717) is 12.1 Å². The van der Waals surface area contributed by atoms with Gasteiger partial charge in [-0.25, -0.2) is 4.79 Å². The van der Waals surface area contributed by atoms with E-state index >= 15 is 0 Å². The fraction of sp³-hybridized carbons (Fsp3) is 0.714. The van der Waals surface area contributed by atoms with Crippen LogP contribution in [-0.2, 0) is 0 Å². The third-order valence-corrected chi connectivity index (χ3v) is 5.02. The lowest BCUT2D eigenvalue weighted by Crippen LogP contribution is -2.51. The smallest absolute Gasteiger partial charge is 0.331 e. The highest BCUT2D eigenvalue weighted by Gasteiger charge is 2.37. The number of hydrogen-bond donors (Lipinski definition) is 2. The summed E-state index contributed by atoms with van der Waals surface area (Å²) in [6.07, 6.45) is 5.22. The molecule has 2 fully saturated rings. The van der Waals surface area contributed by atoms with Crippen LogP contribution in [0.4, 0.5) is 0 Å². The van der Waals surface area contributed by atoms with Gasteiger partial charge in [0, 0.05) is 18.1 Å². The van der Waals surface area contributed by atoms with Crippen LogP contribution >= 0.6 is 0 Å². The Morgan fingerprint density at radius 3 is 2.35 bits per heavy atom. The largest absolute Gasteiger partial charge is 0.494 e. The van der Waals surface area contributed by atoms with Crippen molar-refractivity contribution in [3.8, 4) is 5.88 Å². The number of rotatable bonds is 1. The summed E-state index contributed by atoms with van der Waals surface area (Å²) in [6.45, 7) is 1.54. The van der Waals surface area contributed by atoms with E-state index in [1.807, 2.05) is 0 Å². The van der Waals surface area contributed by atoms with Gasteiger partial charge in [-0.15, -0.1) is 0 Å². The van der Waals surface area contributed by atoms with Crippen molar-refractivity contribution in [2.45, 2.75) is 57.2 Å². The second-order valence-electron chi connectivity index (χ2n) is 6.11. The molecule has 1 aromatic heterocycles. The number of aromatic nitrogens is 2. The number of nitrogens with one attached hydrogen (secondary N) is 1. The van der Waals surface area contributed by atoms with Crippen LogP contribution in [0.3, 0.4) is 0 Å². The Morgan fingerprint density at radius 2 is 1.75 bits per heavy atom. The number of aromatic hydroxyl groups is 1. The van der Waals surface area contributed by atoms with Gasteiger partial charge in [0.2, 0.25) is 5.88 Å². The summed E-state index contributed by atoms with van der Waals surface area (Å²) in [4.78, 5) is 28.3. The number of piperidine rings is 2. The molecule has 1 aromatic rings. The minimum absolute atomic E-state index is 0.0236. The Hall–Kier alpha value is -1.56. The molecule has 2 unspecified atom stereocenters. The van der Waals surface area contributed by atoms with E-state index in [4.69, 9.17) is 0 Å². The molecular weight excluding hydrogens is 258 g/mol. The molecular formula is C14H21N3O3. The Morgan fingerprint density at radius 1 is 1.15 bits per heavy atom. The van der Waals surface area contributed by atoms with Gasteiger partial charge in [0.15, 0.2) is 0 Å². The molecule has 0 saturated carbocycles. The Bertz CT molecular complexity index is 620. The van der Waals surface area contributed by atoms with Gasteiger partial charge in [0.25, 0.3) is 5.56 Å². The summed E-state index contributed by atoms with van der Waals surface area (Å²) >= 11 is 0. The average Bonchev–Trinajstić information content (AvgIpc) is 2.37. The molecule has 2 aliphatic heterocycles. The monoisotopic (exact) mass is 279 g/mol. The summed E-state index contributed by atoms with van der Waals surface area (Å²) < 4.78 is 1.38. The fourth-order valence-corrected chi connectivity index (χ4v) is 3.77. The summed E-state index contributed by atoms with van der Waals surface area (Å²) in [7, 11) is 2.14. The summed E-state index contributed by atoms with van der Waals surface area (Å²) in [5.74, 6) is -0.175. The van der Waals surface area contributed by atoms with E-state index in [2.05, 4.69) is 16.9 Å². The predicted octanol–water partition coefficient (Wildman–Crippen LogP) is 0.738. The molecule has 2 bridgehead atoms. The van der Waals surface area contributed by atoms with Crippen molar-refractivity contribution in [1.82, 2.24) is 14.5 Å². The van der Waals surface area contributed by atoms with Gasteiger partial charge in [-0.1, -0.05) is 6.42 Å². The van der Waals surface area contributed by atoms with Gasteiger partial charge in [-0.3, -0.25) is 14.3 Å². The maximum Gasteiger partial charge on any atom is 0.331 e. The van der Waals surface area contributed by atoms with Crippen LogP contribution in [0.15, 0.2) is 9.59 Å². The van der Waals surface area contributed by atoms with Crippen LogP contribution in [0.2, 0.25) is 0 Å². The molecule has 6 nitrogen and oxygen atoms in total. The van der Waals surface area contributed by atoms with Gasteiger partial charge in [-0.2, -0.15) is 0 Å². The molecule has 2 saturated heterocycles. The molecule has 110 valence electrons. The fourth-order valence-electron chi connectivity index (χ4n) is 3.77. The predicted molar refractivity (Wildman–Crippen MR) is 75.2 cm³/mol. The summed E-state index contributed by atoms with van der Waals surface area (Å²) in [5.41, 5.74) is -0.781. The third-order valence-electron chi connectivity index (χ3n) is 5.02. The van der Waals surface area contributed by atoms with Crippen molar-refractivity contribution >= 4 is 0 Å². The SMILES string of the molecule is Cc1c(O)n(C2CC3CCCC(C2)N3C)c(=O)[nH]c1=O. The molecule has 0 aromatic carbocycles. The highest BCUT2D eigenvalue weighted by atomic mass is 16.3. The van der Waals surface area contributed by atoms with Gasteiger partial charge in [-0.05, 0) is 39.7 Å². The molecule has 2 N–H and O–H groups in total. The average molecular weight is 279 g/mol. The Labute approximate surface area is 117 Å². The van der Waals surface area contributed by atoms with Crippen molar-refractivity contribution < 1.29 is 5.11 Å². The normalized spacial score (nSPS) is 30.4. The lowest BCUT2D eigenvalue weighted by atomic mass is 9.82. The minimum atomic E-state index is -0.503. The molecule has 0 radical (unpaired) electrons. The minimum Gasteiger partial charge on any atom is -0.494 e.